The lowest BCUT2D eigenvalue weighted by atomic mass is 10.0. The van der Waals surface area contributed by atoms with Gasteiger partial charge >= 0.3 is 0 Å². The lowest BCUT2D eigenvalue weighted by Crippen LogP contribution is -2.51. The molecule has 130 valence electrons. The maximum Gasteiger partial charge on any atom is 0.270 e. The molecular formula is C18H19ClN4O2. The van der Waals surface area contributed by atoms with Gasteiger partial charge < -0.3 is 15.5 Å². The Morgan fingerprint density at radius 3 is 2.92 bits per heavy atom. The Kier molecular flexibility index (Phi) is 5.63. The molecule has 3 rings (SSSR count). The Morgan fingerprint density at radius 1 is 1.28 bits per heavy atom. The van der Waals surface area contributed by atoms with Crippen LogP contribution in [0.3, 0.4) is 0 Å². The second-order valence-corrected chi connectivity index (χ2v) is 6.20. The standard InChI is InChI=1S/C18H19ClN4O2/c19-14-5-3-4-13(10-14)16-11-20-8-9-23(16)17(24)12-22-18(25)15-6-1-2-7-21-15/h1-7,10,16,20H,8-9,11-12H2,(H,22,25). The summed E-state index contributed by atoms with van der Waals surface area (Å²) in [6.45, 7) is 1.89. The van der Waals surface area contributed by atoms with E-state index in [1.165, 1.54) is 0 Å². The van der Waals surface area contributed by atoms with Gasteiger partial charge in [-0.3, -0.25) is 14.6 Å². The van der Waals surface area contributed by atoms with Crippen molar-refractivity contribution < 1.29 is 9.59 Å². The molecule has 1 aromatic carbocycles. The summed E-state index contributed by atoms with van der Waals surface area (Å²) >= 11 is 6.07. The minimum atomic E-state index is -0.358. The number of carbonyl (C=O) groups is 2. The summed E-state index contributed by atoms with van der Waals surface area (Å²) in [7, 11) is 0. The fraction of sp³-hybridized carbons (Fsp3) is 0.278. The molecule has 1 aliphatic heterocycles. The zero-order valence-corrected chi connectivity index (χ0v) is 14.4. The topological polar surface area (TPSA) is 74.3 Å². The Hall–Kier alpha value is -2.44. The molecule has 25 heavy (non-hydrogen) atoms. The van der Waals surface area contributed by atoms with Crippen LogP contribution >= 0.6 is 11.6 Å². The molecule has 6 nitrogen and oxygen atoms in total. The van der Waals surface area contributed by atoms with E-state index in [-0.39, 0.29) is 24.4 Å². The summed E-state index contributed by atoms with van der Waals surface area (Å²) < 4.78 is 0. The molecule has 2 N–H and O–H groups in total. The number of carbonyl (C=O) groups excluding carboxylic acids is 2. The lowest BCUT2D eigenvalue weighted by molar-refractivity contribution is -0.133. The number of nitrogens with one attached hydrogen (secondary N) is 2. The van der Waals surface area contributed by atoms with Crippen molar-refractivity contribution in [3.05, 3.63) is 64.9 Å². The van der Waals surface area contributed by atoms with Crippen molar-refractivity contribution in [3.8, 4) is 0 Å². The molecule has 0 radical (unpaired) electrons. The molecule has 1 saturated heterocycles. The van der Waals surface area contributed by atoms with Gasteiger partial charge in [0.2, 0.25) is 5.91 Å². The van der Waals surface area contributed by atoms with Gasteiger partial charge in [-0.2, -0.15) is 0 Å². The Balaban J connectivity index is 1.66. The van der Waals surface area contributed by atoms with Gasteiger partial charge in [0.05, 0.1) is 12.6 Å². The molecule has 0 saturated carbocycles. The third-order valence-electron chi connectivity index (χ3n) is 4.09. The van der Waals surface area contributed by atoms with Crippen molar-refractivity contribution in [2.24, 2.45) is 0 Å². The normalized spacial score (nSPS) is 17.2. The SMILES string of the molecule is O=C(NCC(=O)N1CCNCC1c1cccc(Cl)c1)c1ccccn1. The summed E-state index contributed by atoms with van der Waals surface area (Å²) in [5.74, 6) is -0.487. The summed E-state index contributed by atoms with van der Waals surface area (Å²) in [6.07, 6.45) is 1.54. The van der Waals surface area contributed by atoms with Gasteiger partial charge in [-0.15, -0.1) is 0 Å². The summed E-state index contributed by atoms with van der Waals surface area (Å²) in [4.78, 5) is 30.4. The number of halogens is 1. The van der Waals surface area contributed by atoms with E-state index >= 15 is 0 Å². The lowest BCUT2D eigenvalue weighted by Gasteiger charge is -2.36. The average Bonchev–Trinajstić information content (AvgIpc) is 2.66. The first kappa shape index (κ1) is 17.4. The smallest absolute Gasteiger partial charge is 0.270 e. The number of nitrogens with zero attached hydrogens (tertiary/aromatic N) is 2. The van der Waals surface area contributed by atoms with E-state index in [9.17, 15) is 9.59 Å². The van der Waals surface area contributed by atoms with Crippen LogP contribution in [-0.2, 0) is 4.79 Å². The van der Waals surface area contributed by atoms with E-state index in [0.29, 0.717) is 23.8 Å². The number of benzene rings is 1. The number of hydrogen-bond donors (Lipinski definition) is 2. The largest absolute Gasteiger partial charge is 0.342 e. The van der Waals surface area contributed by atoms with Crippen LogP contribution < -0.4 is 10.6 Å². The molecule has 1 unspecified atom stereocenters. The fourth-order valence-electron chi connectivity index (χ4n) is 2.86. The fourth-order valence-corrected chi connectivity index (χ4v) is 3.06. The van der Waals surface area contributed by atoms with Crippen molar-refractivity contribution in [2.45, 2.75) is 6.04 Å². The molecule has 1 aliphatic rings. The zero-order chi connectivity index (χ0) is 17.6. The number of hydrogen-bond acceptors (Lipinski definition) is 4. The van der Waals surface area contributed by atoms with E-state index in [4.69, 9.17) is 11.6 Å². The molecular weight excluding hydrogens is 340 g/mol. The average molecular weight is 359 g/mol. The second kappa shape index (κ2) is 8.09. The van der Waals surface area contributed by atoms with Crippen LogP contribution in [0.5, 0.6) is 0 Å². The van der Waals surface area contributed by atoms with Crippen LogP contribution in [-0.4, -0.2) is 47.9 Å². The van der Waals surface area contributed by atoms with E-state index in [0.717, 1.165) is 12.1 Å². The second-order valence-electron chi connectivity index (χ2n) is 5.76. The molecule has 0 spiro atoms. The number of amides is 2. The molecule has 2 amide bonds. The number of piperazine rings is 1. The third-order valence-corrected chi connectivity index (χ3v) is 4.33. The Morgan fingerprint density at radius 2 is 2.16 bits per heavy atom. The van der Waals surface area contributed by atoms with E-state index in [1.807, 2.05) is 18.2 Å². The van der Waals surface area contributed by atoms with Crippen LogP contribution in [0.4, 0.5) is 0 Å². The highest BCUT2D eigenvalue weighted by Crippen LogP contribution is 2.24. The maximum atomic E-state index is 12.6. The van der Waals surface area contributed by atoms with Gasteiger partial charge in [-0.05, 0) is 29.8 Å². The summed E-state index contributed by atoms with van der Waals surface area (Å²) in [6, 6.07) is 12.5. The van der Waals surface area contributed by atoms with Crippen LogP contribution in [0.2, 0.25) is 5.02 Å². The van der Waals surface area contributed by atoms with Crippen molar-refractivity contribution in [1.82, 2.24) is 20.5 Å². The van der Waals surface area contributed by atoms with Crippen LogP contribution in [0.25, 0.3) is 0 Å². The predicted octanol–water partition coefficient (Wildman–Crippen LogP) is 1.64. The first-order chi connectivity index (χ1) is 12.1. The van der Waals surface area contributed by atoms with Gasteiger partial charge in [0, 0.05) is 30.9 Å². The van der Waals surface area contributed by atoms with Crippen LogP contribution in [0.1, 0.15) is 22.1 Å². The van der Waals surface area contributed by atoms with E-state index in [1.54, 1.807) is 35.4 Å². The summed E-state index contributed by atoms with van der Waals surface area (Å²) in [5.41, 5.74) is 1.27. The third kappa shape index (κ3) is 4.35. The molecule has 0 bridgehead atoms. The van der Waals surface area contributed by atoms with E-state index in [2.05, 4.69) is 15.6 Å². The highest BCUT2D eigenvalue weighted by Gasteiger charge is 2.28. The first-order valence-corrected chi connectivity index (χ1v) is 8.48. The highest BCUT2D eigenvalue weighted by molar-refractivity contribution is 6.30. The zero-order valence-electron chi connectivity index (χ0n) is 13.6. The predicted molar refractivity (Wildman–Crippen MR) is 95.3 cm³/mol. The Labute approximate surface area is 151 Å². The molecule has 1 aromatic heterocycles. The van der Waals surface area contributed by atoms with Gasteiger partial charge in [0.25, 0.3) is 5.91 Å². The monoisotopic (exact) mass is 358 g/mol. The van der Waals surface area contributed by atoms with Crippen molar-refractivity contribution in [1.29, 1.82) is 0 Å². The van der Waals surface area contributed by atoms with Crippen molar-refractivity contribution in [3.63, 3.8) is 0 Å². The van der Waals surface area contributed by atoms with E-state index < -0.39 is 0 Å². The van der Waals surface area contributed by atoms with Gasteiger partial charge in [0.1, 0.15) is 5.69 Å². The Bertz CT molecular complexity index is 754. The quantitative estimate of drug-likeness (QED) is 0.871. The number of aromatic nitrogens is 1. The number of rotatable bonds is 4. The molecule has 2 heterocycles. The number of pyridine rings is 1. The molecule has 1 fully saturated rings. The minimum absolute atomic E-state index is 0.0630. The minimum Gasteiger partial charge on any atom is -0.342 e. The van der Waals surface area contributed by atoms with Gasteiger partial charge in [-0.25, -0.2) is 0 Å². The van der Waals surface area contributed by atoms with Gasteiger partial charge in [-0.1, -0.05) is 29.8 Å². The highest BCUT2D eigenvalue weighted by atomic mass is 35.5. The van der Waals surface area contributed by atoms with Crippen molar-refractivity contribution >= 4 is 23.4 Å². The molecule has 0 aliphatic carbocycles. The van der Waals surface area contributed by atoms with Gasteiger partial charge in [0.15, 0.2) is 0 Å². The van der Waals surface area contributed by atoms with Crippen molar-refractivity contribution in [2.75, 3.05) is 26.2 Å². The maximum absolute atomic E-state index is 12.6. The van der Waals surface area contributed by atoms with Crippen LogP contribution in [0, 0.1) is 0 Å². The molecule has 2 aromatic rings. The summed E-state index contributed by atoms with van der Waals surface area (Å²) in [5, 5.41) is 6.57. The first-order valence-electron chi connectivity index (χ1n) is 8.10. The van der Waals surface area contributed by atoms with Crippen LogP contribution in [0.15, 0.2) is 48.7 Å². The molecule has 1 atom stereocenters. The molecule has 7 heteroatoms.